The smallest absolute Gasteiger partial charge is 0.175 e. The molecule has 1 aromatic heterocycles. The maximum absolute atomic E-state index is 5.98. The summed E-state index contributed by atoms with van der Waals surface area (Å²) in [5.74, 6) is 0.810. The highest BCUT2D eigenvalue weighted by molar-refractivity contribution is 9.10. The molecule has 1 heterocycles. The number of methoxy groups -OCH3 is 1. The summed E-state index contributed by atoms with van der Waals surface area (Å²) >= 11 is 3.64. The fourth-order valence-electron chi connectivity index (χ4n) is 2.78. The first-order valence-electron chi connectivity index (χ1n) is 8.63. The van der Waals surface area contributed by atoms with Gasteiger partial charge in [0.15, 0.2) is 5.75 Å². The molecule has 0 fully saturated rings. The largest absolute Gasteiger partial charge is 0.484 e. The number of halogens is 1. The highest BCUT2D eigenvalue weighted by Crippen LogP contribution is 2.29. The maximum Gasteiger partial charge on any atom is 0.175 e. The second kappa shape index (κ2) is 9.01. The summed E-state index contributed by atoms with van der Waals surface area (Å²) in [4.78, 5) is 0. The van der Waals surface area contributed by atoms with E-state index in [0.717, 1.165) is 34.6 Å². The molecule has 0 saturated heterocycles. The zero-order valence-electron chi connectivity index (χ0n) is 15.1. The van der Waals surface area contributed by atoms with Crippen molar-refractivity contribution < 1.29 is 9.47 Å². The maximum atomic E-state index is 5.98. The van der Waals surface area contributed by atoms with Crippen molar-refractivity contribution in [2.45, 2.75) is 33.1 Å². The van der Waals surface area contributed by atoms with Gasteiger partial charge in [0.05, 0.1) is 6.61 Å². The van der Waals surface area contributed by atoms with Crippen molar-refractivity contribution in [1.29, 1.82) is 0 Å². The molecule has 5 heteroatoms. The molecule has 0 saturated carbocycles. The van der Waals surface area contributed by atoms with Crippen LogP contribution in [0.5, 0.6) is 5.75 Å². The summed E-state index contributed by atoms with van der Waals surface area (Å²) in [5, 5.41) is 4.61. The van der Waals surface area contributed by atoms with Gasteiger partial charge in [-0.2, -0.15) is 5.10 Å². The van der Waals surface area contributed by atoms with Crippen molar-refractivity contribution in [3.8, 4) is 5.75 Å². The summed E-state index contributed by atoms with van der Waals surface area (Å²) < 4.78 is 14.0. The van der Waals surface area contributed by atoms with Crippen LogP contribution in [0.1, 0.15) is 22.4 Å². The van der Waals surface area contributed by atoms with Gasteiger partial charge in [-0.05, 0) is 46.0 Å². The van der Waals surface area contributed by atoms with Crippen LogP contribution in [0.2, 0.25) is 0 Å². The minimum atomic E-state index is 0.535. The predicted molar refractivity (Wildman–Crippen MR) is 106 cm³/mol. The second-order valence-electron chi connectivity index (χ2n) is 6.20. The monoisotopic (exact) mass is 414 g/mol. The highest BCUT2D eigenvalue weighted by atomic mass is 79.9. The van der Waals surface area contributed by atoms with Crippen LogP contribution in [-0.2, 0) is 30.9 Å². The number of hydrogen-bond donors (Lipinski definition) is 0. The molecule has 0 spiro atoms. The number of nitrogens with zero attached hydrogens (tertiary/aromatic N) is 2. The summed E-state index contributed by atoms with van der Waals surface area (Å²) in [7, 11) is 1.71. The molecular weight excluding hydrogens is 392 g/mol. The lowest BCUT2D eigenvalue weighted by atomic mass is 10.1. The Morgan fingerprint density at radius 1 is 0.923 bits per heavy atom. The van der Waals surface area contributed by atoms with Crippen LogP contribution in [0.4, 0.5) is 0 Å². The Labute approximate surface area is 162 Å². The Bertz CT molecular complexity index is 829. The lowest BCUT2D eigenvalue weighted by molar-refractivity contribution is 0.185. The average Bonchev–Trinajstić information content (AvgIpc) is 2.94. The third kappa shape index (κ3) is 4.74. The predicted octanol–water partition coefficient (Wildman–Crippen LogP) is 4.92. The fraction of sp³-hybridized carbons (Fsp3) is 0.286. The highest BCUT2D eigenvalue weighted by Gasteiger charge is 2.14. The van der Waals surface area contributed by atoms with E-state index in [-0.39, 0.29) is 0 Å². The normalized spacial score (nSPS) is 10.9. The quantitative estimate of drug-likeness (QED) is 0.524. The minimum Gasteiger partial charge on any atom is -0.484 e. The SMILES string of the molecule is COCc1ccc(CCn2nc(C)c(OCc3ccccc3)c2Br)cc1. The van der Waals surface area contributed by atoms with Crippen LogP contribution in [0.25, 0.3) is 0 Å². The first-order chi connectivity index (χ1) is 12.7. The zero-order valence-corrected chi connectivity index (χ0v) is 16.7. The fourth-order valence-corrected chi connectivity index (χ4v) is 3.44. The van der Waals surface area contributed by atoms with Gasteiger partial charge in [0.25, 0.3) is 0 Å². The summed E-state index contributed by atoms with van der Waals surface area (Å²) in [6.07, 6.45) is 0.908. The molecular formula is C21H23BrN2O2. The van der Waals surface area contributed by atoms with Gasteiger partial charge < -0.3 is 9.47 Å². The van der Waals surface area contributed by atoms with E-state index in [4.69, 9.17) is 9.47 Å². The van der Waals surface area contributed by atoms with E-state index < -0.39 is 0 Å². The lowest BCUT2D eigenvalue weighted by Crippen LogP contribution is -2.04. The number of aromatic nitrogens is 2. The van der Waals surface area contributed by atoms with Gasteiger partial charge in [0, 0.05) is 13.7 Å². The Morgan fingerprint density at radius 3 is 2.27 bits per heavy atom. The summed E-state index contributed by atoms with van der Waals surface area (Å²) in [6, 6.07) is 18.7. The topological polar surface area (TPSA) is 36.3 Å². The minimum absolute atomic E-state index is 0.535. The average molecular weight is 415 g/mol. The molecule has 3 rings (SSSR count). The summed E-state index contributed by atoms with van der Waals surface area (Å²) in [6.45, 7) is 3.94. The Kier molecular flexibility index (Phi) is 6.47. The molecule has 0 unspecified atom stereocenters. The molecule has 4 nitrogen and oxygen atoms in total. The molecule has 0 N–H and O–H groups in total. The summed E-state index contributed by atoms with van der Waals surface area (Å²) in [5.41, 5.74) is 4.49. The first kappa shape index (κ1) is 18.7. The Morgan fingerprint density at radius 2 is 1.58 bits per heavy atom. The van der Waals surface area contributed by atoms with Crippen molar-refractivity contribution >= 4 is 15.9 Å². The Hall–Kier alpha value is -2.11. The molecule has 0 aliphatic rings. The van der Waals surface area contributed by atoms with Crippen LogP contribution in [0.3, 0.4) is 0 Å². The van der Waals surface area contributed by atoms with E-state index in [1.165, 1.54) is 11.1 Å². The van der Waals surface area contributed by atoms with E-state index in [1.807, 2.05) is 29.8 Å². The number of rotatable bonds is 8. The number of hydrogen-bond acceptors (Lipinski definition) is 3. The standard InChI is InChI=1S/C21H23BrN2O2/c1-16-20(26-15-18-6-4-3-5-7-18)21(22)24(23-16)13-12-17-8-10-19(11-9-17)14-25-2/h3-11H,12-15H2,1-2H3. The van der Waals surface area contributed by atoms with Crippen molar-refractivity contribution in [2.75, 3.05) is 7.11 Å². The van der Waals surface area contributed by atoms with E-state index in [0.29, 0.717) is 13.2 Å². The second-order valence-corrected chi connectivity index (χ2v) is 6.95. The molecule has 2 aromatic carbocycles. The Balaban J connectivity index is 1.62. The van der Waals surface area contributed by atoms with Crippen LogP contribution < -0.4 is 4.74 Å². The van der Waals surface area contributed by atoms with Crippen LogP contribution >= 0.6 is 15.9 Å². The molecule has 0 aliphatic carbocycles. The number of ether oxygens (including phenoxy) is 2. The van der Waals surface area contributed by atoms with Crippen LogP contribution in [-0.4, -0.2) is 16.9 Å². The van der Waals surface area contributed by atoms with Gasteiger partial charge >= 0.3 is 0 Å². The molecule has 3 aromatic rings. The van der Waals surface area contributed by atoms with Crippen molar-refractivity contribution in [3.05, 3.63) is 81.6 Å². The van der Waals surface area contributed by atoms with Gasteiger partial charge in [0.1, 0.15) is 16.9 Å². The third-order valence-corrected chi connectivity index (χ3v) is 4.96. The van der Waals surface area contributed by atoms with Gasteiger partial charge in [-0.25, -0.2) is 0 Å². The van der Waals surface area contributed by atoms with Crippen LogP contribution in [0.15, 0.2) is 59.2 Å². The molecule has 0 amide bonds. The van der Waals surface area contributed by atoms with Crippen molar-refractivity contribution in [2.24, 2.45) is 0 Å². The molecule has 0 radical (unpaired) electrons. The molecule has 26 heavy (non-hydrogen) atoms. The molecule has 0 aliphatic heterocycles. The number of benzene rings is 2. The van der Waals surface area contributed by atoms with Gasteiger partial charge in [-0.3, -0.25) is 4.68 Å². The van der Waals surface area contributed by atoms with Gasteiger partial charge in [-0.1, -0.05) is 54.6 Å². The van der Waals surface area contributed by atoms with E-state index in [9.17, 15) is 0 Å². The zero-order chi connectivity index (χ0) is 18.4. The van der Waals surface area contributed by atoms with Crippen LogP contribution in [0, 0.1) is 6.92 Å². The van der Waals surface area contributed by atoms with E-state index in [1.54, 1.807) is 7.11 Å². The van der Waals surface area contributed by atoms with Gasteiger partial charge in [0.2, 0.25) is 0 Å². The van der Waals surface area contributed by atoms with E-state index in [2.05, 4.69) is 57.4 Å². The van der Waals surface area contributed by atoms with E-state index >= 15 is 0 Å². The van der Waals surface area contributed by atoms with Crippen molar-refractivity contribution in [1.82, 2.24) is 9.78 Å². The lowest BCUT2D eigenvalue weighted by Gasteiger charge is -2.07. The first-order valence-corrected chi connectivity index (χ1v) is 9.43. The molecule has 136 valence electrons. The van der Waals surface area contributed by atoms with Gasteiger partial charge in [-0.15, -0.1) is 0 Å². The molecule has 0 atom stereocenters. The molecule has 0 bridgehead atoms. The number of aryl methyl sites for hydroxylation is 3. The third-order valence-electron chi connectivity index (χ3n) is 4.19. The van der Waals surface area contributed by atoms with Crippen molar-refractivity contribution in [3.63, 3.8) is 0 Å².